The molecule has 2 N–H and O–H groups in total. The smallest absolute Gasteiger partial charge is 0.356 e. The molecule has 1 aromatic carbocycles. The Labute approximate surface area is 181 Å². The van der Waals surface area contributed by atoms with E-state index in [1.54, 1.807) is 24.3 Å². The number of hydrogen-bond acceptors (Lipinski definition) is 4. The van der Waals surface area contributed by atoms with E-state index in [4.69, 9.17) is 4.74 Å². The summed E-state index contributed by atoms with van der Waals surface area (Å²) in [4.78, 5) is 26.3. The second-order valence-electron chi connectivity index (χ2n) is 8.67. The standard InChI is InChI=1S/C24H38N2O4/c1-19(2)11-7-4-5-8-12-22(27)25-21-15-13-20(14-16-21)24(30-3,23(28)29)26-17-9-6-10-18-26/h13-16,19H,4-12,17-18H2,1-3H3,(H,25,27)(H,28,29). The highest BCUT2D eigenvalue weighted by Crippen LogP contribution is 2.33. The van der Waals surface area contributed by atoms with E-state index in [1.807, 2.05) is 4.90 Å². The van der Waals surface area contributed by atoms with Crippen molar-refractivity contribution in [2.75, 3.05) is 25.5 Å². The number of nitrogens with zero attached hydrogens (tertiary/aromatic N) is 1. The van der Waals surface area contributed by atoms with E-state index in [2.05, 4.69) is 19.2 Å². The van der Waals surface area contributed by atoms with Gasteiger partial charge in [-0.1, -0.05) is 58.1 Å². The summed E-state index contributed by atoms with van der Waals surface area (Å²) in [6, 6.07) is 7.01. The van der Waals surface area contributed by atoms with Crippen LogP contribution in [0.2, 0.25) is 0 Å². The van der Waals surface area contributed by atoms with Crippen LogP contribution in [0.3, 0.4) is 0 Å². The number of rotatable bonds is 12. The average molecular weight is 419 g/mol. The number of carboxylic acids is 1. The number of amides is 1. The average Bonchev–Trinajstić information content (AvgIpc) is 2.73. The van der Waals surface area contributed by atoms with Gasteiger partial charge in [0.25, 0.3) is 0 Å². The third-order valence-electron chi connectivity index (χ3n) is 5.88. The summed E-state index contributed by atoms with van der Waals surface area (Å²) < 4.78 is 5.58. The first-order chi connectivity index (χ1) is 14.4. The number of nitrogens with one attached hydrogen (secondary N) is 1. The van der Waals surface area contributed by atoms with Crippen LogP contribution in [0.1, 0.15) is 77.2 Å². The molecular formula is C24H38N2O4. The zero-order valence-corrected chi connectivity index (χ0v) is 18.8. The van der Waals surface area contributed by atoms with Crippen molar-refractivity contribution in [1.29, 1.82) is 0 Å². The molecule has 2 rings (SSSR count). The summed E-state index contributed by atoms with van der Waals surface area (Å²) in [6.07, 6.45) is 9.15. The van der Waals surface area contributed by atoms with Crippen molar-refractivity contribution in [2.45, 2.75) is 77.4 Å². The molecule has 1 saturated heterocycles. The lowest BCUT2D eigenvalue weighted by atomic mass is 9.97. The van der Waals surface area contributed by atoms with Gasteiger partial charge >= 0.3 is 5.97 Å². The minimum Gasteiger partial charge on any atom is -0.478 e. The topological polar surface area (TPSA) is 78.9 Å². The fourth-order valence-electron chi connectivity index (χ4n) is 4.18. The summed E-state index contributed by atoms with van der Waals surface area (Å²) >= 11 is 0. The van der Waals surface area contributed by atoms with Crippen LogP contribution in [0.5, 0.6) is 0 Å². The zero-order valence-electron chi connectivity index (χ0n) is 18.8. The van der Waals surface area contributed by atoms with Gasteiger partial charge in [-0.15, -0.1) is 0 Å². The van der Waals surface area contributed by atoms with Gasteiger partial charge in [0.2, 0.25) is 11.6 Å². The number of carboxylic acid groups (broad SMARTS) is 1. The Hall–Kier alpha value is -1.92. The van der Waals surface area contributed by atoms with Gasteiger partial charge in [0.1, 0.15) is 0 Å². The highest BCUT2D eigenvalue weighted by molar-refractivity contribution is 5.90. The molecular weight excluding hydrogens is 380 g/mol. The van der Waals surface area contributed by atoms with E-state index in [-0.39, 0.29) is 5.91 Å². The first kappa shape index (κ1) is 24.4. The number of carbonyl (C=O) groups excluding carboxylic acids is 1. The van der Waals surface area contributed by atoms with Crippen LogP contribution in [0.4, 0.5) is 5.69 Å². The van der Waals surface area contributed by atoms with Gasteiger partial charge in [0.05, 0.1) is 0 Å². The van der Waals surface area contributed by atoms with E-state index >= 15 is 0 Å². The van der Waals surface area contributed by atoms with Gasteiger partial charge in [-0.25, -0.2) is 4.79 Å². The second-order valence-corrected chi connectivity index (χ2v) is 8.67. The van der Waals surface area contributed by atoms with E-state index in [1.165, 1.54) is 26.4 Å². The van der Waals surface area contributed by atoms with Crippen LogP contribution < -0.4 is 5.32 Å². The molecule has 1 aromatic rings. The number of methoxy groups -OCH3 is 1. The van der Waals surface area contributed by atoms with Crippen LogP contribution in [0.15, 0.2) is 24.3 Å². The van der Waals surface area contributed by atoms with Gasteiger partial charge < -0.3 is 15.2 Å². The van der Waals surface area contributed by atoms with Gasteiger partial charge in [-0.2, -0.15) is 0 Å². The normalized spacial score (nSPS) is 16.9. The number of anilines is 1. The van der Waals surface area contributed by atoms with Gasteiger partial charge in [-0.05, 0) is 37.3 Å². The molecule has 30 heavy (non-hydrogen) atoms. The third kappa shape index (κ3) is 6.54. The molecule has 1 amide bonds. The van der Waals surface area contributed by atoms with E-state index < -0.39 is 11.7 Å². The summed E-state index contributed by atoms with van der Waals surface area (Å²) in [7, 11) is 1.44. The van der Waals surface area contributed by atoms with Crippen LogP contribution in [-0.4, -0.2) is 42.1 Å². The van der Waals surface area contributed by atoms with Crippen LogP contribution in [0.25, 0.3) is 0 Å². The third-order valence-corrected chi connectivity index (χ3v) is 5.88. The fraction of sp³-hybridized carbons (Fsp3) is 0.667. The molecule has 1 unspecified atom stereocenters. The van der Waals surface area contributed by atoms with Gasteiger partial charge in [0.15, 0.2) is 0 Å². The maximum atomic E-state index is 12.2. The summed E-state index contributed by atoms with van der Waals surface area (Å²) in [5.74, 6) is -0.274. The lowest BCUT2D eigenvalue weighted by Gasteiger charge is -2.41. The maximum Gasteiger partial charge on any atom is 0.356 e. The second kappa shape index (κ2) is 12.1. The molecule has 1 fully saturated rings. The monoisotopic (exact) mass is 418 g/mol. The van der Waals surface area contributed by atoms with Crippen molar-refractivity contribution in [1.82, 2.24) is 4.90 Å². The molecule has 1 atom stereocenters. The molecule has 0 spiro atoms. The summed E-state index contributed by atoms with van der Waals surface area (Å²) in [5.41, 5.74) is -0.237. The number of benzene rings is 1. The van der Waals surface area contributed by atoms with Gasteiger partial charge in [-0.3, -0.25) is 9.69 Å². The molecule has 0 aliphatic carbocycles. The van der Waals surface area contributed by atoms with Crippen molar-refractivity contribution in [2.24, 2.45) is 5.92 Å². The Morgan fingerprint density at radius 1 is 1.07 bits per heavy atom. The van der Waals surface area contributed by atoms with Crippen LogP contribution >= 0.6 is 0 Å². The van der Waals surface area contributed by atoms with Crippen molar-refractivity contribution >= 4 is 17.6 Å². The number of piperidine rings is 1. The first-order valence-corrected chi connectivity index (χ1v) is 11.3. The summed E-state index contributed by atoms with van der Waals surface area (Å²) in [5, 5.41) is 12.9. The minimum atomic E-state index is -1.49. The van der Waals surface area contributed by atoms with E-state index in [9.17, 15) is 14.7 Å². The van der Waals surface area contributed by atoms with Crippen molar-refractivity contribution in [3.63, 3.8) is 0 Å². The lowest BCUT2D eigenvalue weighted by molar-refractivity contribution is -0.197. The predicted molar refractivity (Wildman–Crippen MR) is 119 cm³/mol. The quantitative estimate of drug-likeness (QED) is 0.468. The molecule has 168 valence electrons. The molecule has 0 saturated carbocycles. The van der Waals surface area contributed by atoms with E-state index in [0.29, 0.717) is 30.8 Å². The SMILES string of the molecule is COC(C(=O)O)(c1ccc(NC(=O)CCCCCCC(C)C)cc1)N1CCCCC1. The fourth-order valence-corrected chi connectivity index (χ4v) is 4.18. The molecule has 1 heterocycles. The first-order valence-electron chi connectivity index (χ1n) is 11.3. The minimum absolute atomic E-state index is 0.00104. The summed E-state index contributed by atoms with van der Waals surface area (Å²) in [6.45, 7) is 5.85. The molecule has 0 radical (unpaired) electrons. The number of ether oxygens (including phenoxy) is 1. The number of hydrogen-bond donors (Lipinski definition) is 2. The molecule has 6 heteroatoms. The van der Waals surface area contributed by atoms with Gasteiger partial charge in [0, 0.05) is 37.9 Å². The lowest BCUT2D eigenvalue weighted by Crippen LogP contribution is -2.55. The van der Waals surface area contributed by atoms with Crippen molar-refractivity contribution in [3.05, 3.63) is 29.8 Å². The molecule has 0 bridgehead atoms. The van der Waals surface area contributed by atoms with Crippen LogP contribution in [0, 0.1) is 5.92 Å². The molecule has 6 nitrogen and oxygen atoms in total. The van der Waals surface area contributed by atoms with E-state index in [0.717, 1.165) is 38.0 Å². The Bertz CT molecular complexity index is 668. The maximum absolute atomic E-state index is 12.2. The number of aliphatic carboxylic acids is 1. The Morgan fingerprint density at radius 2 is 1.70 bits per heavy atom. The molecule has 1 aliphatic heterocycles. The molecule has 0 aromatic heterocycles. The number of unbranched alkanes of at least 4 members (excludes halogenated alkanes) is 3. The van der Waals surface area contributed by atoms with Crippen LogP contribution in [-0.2, 0) is 20.1 Å². The highest BCUT2D eigenvalue weighted by Gasteiger charge is 2.46. The van der Waals surface area contributed by atoms with Crippen molar-refractivity contribution in [3.8, 4) is 0 Å². The Kier molecular flexibility index (Phi) is 9.79. The zero-order chi connectivity index (χ0) is 22.0. The Morgan fingerprint density at radius 3 is 2.27 bits per heavy atom. The highest BCUT2D eigenvalue weighted by atomic mass is 16.5. The van der Waals surface area contributed by atoms with Crippen molar-refractivity contribution < 1.29 is 19.4 Å². The number of carbonyl (C=O) groups is 2. The number of likely N-dealkylation sites (tertiary alicyclic amines) is 1. The molecule has 1 aliphatic rings. The Balaban J connectivity index is 1.92. The largest absolute Gasteiger partial charge is 0.478 e. The predicted octanol–water partition coefficient (Wildman–Crippen LogP) is 4.99.